The summed E-state index contributed by atoms with van der Waals surface area (Å²) in [4.78, 5) is 9.79. The third kappa shape index (κ3) is 2.71. The molecule has 103 valence electrons. The Morgan fingerprint density at radius 3 is 3.05 bits per heavy atom. The second kappa shape index (κ2) is 6.37. The van der Waals surface area contributed by atoms with Crippen LogP contribution in [0.5, 0.6) is 5.75 Å². The summed E-state index contributed by atoms with van der Waals surface area (Å²) < 4.78 is 5.25. The van der Waals surface area contributed by atoms with Gasteiger partial charge in [0.05, 0.1) is 12.8 Å². The molecule has 0 amide bonds. The number of aromatic nitrogens is 1. The largest absolute Gasteiger partial charge is 2.00 e. The Bertz CT molecular complexity index is 643. The van der Waals surface area contributed by atoms with Crippen molar-refractivity contribution in [1.82, 2.24) is 10.5 Å². The number of hydrogen-bond acceptors (Lipinski definition) is 5. The average Bonchev–Trinajstić information content (AvgIpc) is 2.87. The Hall–Kier alpha value is -1.40. The molecule has 1 aliphatic rings. The fourth-order valence-electron chi connectivity index (χ4n) is 2.24. The number of nitrogens with zero attached hydrogens (tertiary/aromatic N) is 2. The molecule has 0 atom stereocenters. The van der Waals surface area contributed by atoms with Gasteiger partial charge in [-0.05, 0) is 36.6 Å². The number of aryl methyl sites for hydroxylation is 2. The van der Waals surface area contributed by atoms with E-state index in [1.165, 1.54) is 16.8 Å². The molecule has 7 heteroatoms. The number of hydroxylamine groups is 1. The van der Waals surface area contributed by atoms with Gasteiger partial charge in [-0.3, -0.25) is 10.7 Å². The van der Waals surface area contributed by atoms with Gasteiger partial charge in [0.25, 0.3) is 0 Å². The second-order valence-corrected chi connectivity index (χ2v) is 5.24. The van der Waals surface area contributed by atoms with Crippen LogP contribution < -0.4 is 10.2 Å². The molecule has 0 unspecified atom stereocenters. The summed E-state index contributed by atoms with van der Waals surface area (Å²) in [7, 11) is 1.67. The van der Waals surface area contributed by atoms with Crippen LogP contribution in [-0.4, -0.2) is 23.6 Å². The molecule has 2 aromatic rings. The van der Waals surface area contributed by atoms with E-state index < -0.39 is 0 Å². The van der Waals surface area contributed by atoms with Gasteiger partial charge in [-0.15, -0.1) is 0 Å². The maximum atomic E-state index is 8.51. The number of aliphatic imine (C=N–C) groups is 1. The van der Waals surface area contributed by atoms with Crippen molar-refractivity contribution in [3.05, 3.63) is 28.6 Å². The van der Waals surface area contributed by atoms with Crippen molar-refractivity contribution < 1.29 is 27.0 Å². The van der Waals surface area contributed by atoms with Gasteiger partial charge in [0, 0.05) is 10.4 Å². The second-order valence-electron chi connectivity index (χ2n) is 4.18. The smallest absolute Gasteiger partial charge is 0.497 e. The van der Waals surface area contributed by atoms with Crippen molar-refractivity contribution in [3.8, 4) is 17.0 Å². The van der Waals surface area contributed by atoms with E-state index >= 15 is 0 Å². The van der Waals surface area contributed by atoms with Crippen molar-refractivity contribution in [2.24, 2.45) is 4.99 Å². The summed E-state index contributed by atoms with van der Waals surface area (Å²) in [5.41, 5.74) is 5.30. The first kappa shape index (κ1) is 15.0. The van der Waals surface area contributed by atoms with Crippen LogP contribution in [0.2, 0.25) is 0 Å². The predicted octanol–water partition coefficient (Wildman–Crippen LogP) is 2.55. The topological polar surface area (TPSA) is 66.7 Å². The van der Waals surface area contributed by atoms with Crippen molar-refractivity contribution in [3.63, 3.8) is 0 Å². The van der Waals surface area contributed by atoms with Crippen LogP contribution in [0.3, 0.4) is 0 Å². The average molecular weight is 330 g/mol. The van der Waals surface area contributed by atoms with Crippen LogP contribution >= 0.6 is 11.3 Å². The molecular weight excluding hydrogens is 317 g/mol. The molecule has 0 bridgehead atoms. The molecule has 1 aromatic carbocycles. The molecule has 0 spiro atoms. The molecule has 1 radical (unpaired) electrons. The minimum Gasteiger partial charge on any atom is -0.497 e. The van der Waals surface area contributed by atoms with E-state index in [9.17, 15) is 0 Å². The van der Waals surface area contributed by atoms with Crippen molar-refractivity contribution in [2.45, 2.75) is 12.8 Å². The van der Waals surface area contributed by atoms with E-state index in [0.29, 0.717) is 5.13 Å². The minimum atomic E-state index is 0. The molecular formula is C13H13MnN3O2S+2. The number of methoxy groups -OCH3 is 1. The molecule has 20 heavy (non-hydrogen) atoms. The monoisotopic (exact) mass is 330 g/mol. The van der Waals surface area contributed by atoms with E-state index in [0.717, 1.165) is 29.8 Å². The van der Waals surface area contributed by atoms with Gasteiger partial charge in [-0.25, -0.2) is 9.98 Å². The zero-order chi connectivity index (χ0) is 13.2. The Morgan fingerprint density at radius 2 is 2.30 bits per heavy atom. The molecule has 0 saturated heterocycles. The van der Waals surface area contributed by atoms with Crippen LogP contribution in [0, 0.1) is 0 Å². The van der Waals surface area contributed by atoms with E-state index in [-0.39, 0.29) is 17.1 Å². The molecule has 5 nitrogen and oxygen atoms in total. The predicted molar refractivity (Wildman–Crippen MR) is 74.6 cm³/mol. The zero-order valence-corrected chi connectivity index (χ0v) is 12.8. The van der Waals surface area contributed by atoms with Gasteiger partial charge < -0.3 is 4.74 Å². The molecule has 2 N–H and O–H groups in total. The summed E-state index contributed by atoms with van der Waals surface area (Å²) in [5.74, 6) is 0.875. The molecule has 0 aliphatic heterocycles. The van der Waals surface area contributed by atoms with Crippen LogP contribution in [0.25, 0.3) is 11.3 Å². The van der Waals surface area contributed by atoms with E-state index in [1.807, 2.05) is 17.6 Å². The quantitative estimate of drug-likeness (QED) is 0.393. The van der Waals surface area contributed by atoms with Crippen molar-refractivity contribution >= 4 is 22.8 Å². The van der Waals surface area contributed by atoms with Gasteiger partial charge >= 0.3 is 17.1 Å². The molecule has 1 aromatic heterocycles. The van der Waals surface area contributed by atoms with Crippen molar-refractivity contribution in [2.75, 3.05) is 7.11 Å². The summed E-state index contributed by atoms with van der Waals surface area (Å²) in [6, 6.07) is 6.06. The van der Waals surface area contributed by atoms with Crippen LogP contribution in [0.4, 0.5) is 5.13 Å². The number of thiazole rings is 1. The Kier molecular flexibility index (Phi) is 4.77. The number of hydrogen-bond donors (Lipinski definition) is 2. The first-order chi connectivity index (χ1) is 9.31. The van der Waals surface area contributed by atoms with Crippen LogP contribution in [0.1, 0.15) is 10.4 Å². The summed E-state index contributed by atoms with van der Waals surface area (Å²) in [5, 5.41) is 9.16. The van der Waals surface area contributed by atoms with E-state index in [1.54, 1.807) is 18.4 Å². The fourth-order valence-corrected chi connectivity index (χ4v) is 3.16. The van der Waals surface area contributed by atoms with E-state index in [2.05, 4.69) is 16.0 Å². The first-order valence-corrected chi connectivity index (χ1v) is 6.72. The van der Waals surface area contributed by atoms with Crippen LogP contribution in [0.15, 0.2) is 23.2 Å². The summed E-state index contributed by atoms with van der Waals surface area (Å²) in [6.07, 6.45) is 3.18. The third-order valence-corrected chi connectivity index (χ3v) is 4.13. The Labute approximate surface area is 131 Å². The number of rotatable bonds is 3. The summed E-state index contributed by atoms with van der Waals surface area (Å²) in [6.45, 7) is 0. The minimum absolute atomic E-state index is 0. The maximum Gasteiger partial charge on any atom is 2.00 e. The van der Waals surface area contributed by atoms with Gasteiger partial charge in [0.15, 0.2) is 0 Å². The van der Waals surface area contributed by atoms with Crippen molar-refractivity contribution in [1.29, 1.82) is 0 Å². The van der Waals surface area contributed by atoms with Gasteiger partial charge in [0.1, 0.15) is 12.1 Å². The molecule has 0 saturated carbocycles. The number of ether oxygens (including phenoxy) is 1. The number of fused-ring (bicyclic) bond motifs is 3. The normalized spacial score (nSPS) is 12.5. The molecule has 3 rings (SSSR count). The molecule has 1 heterocycles. The third-order valence-electron chi connectivity index (χ3n) is 3.11. The zero-order valence-electron chi connectivity index (χ0n) is 10.8. The SMILES string of the molecule is COc1ccc2c(c1)CCc1sc(/N=C\NO)nc1-2.[Mn+2]. The fraction of sp³-hybridized carbons (Fsp3) is 0.231. The first-order valence-electron chi connectivity index (χ1n) is 5.91. The summed E-state index contributed by atoms with van der Waals surface area (Å²) >= 11 is 1.56. The van der Waals surface area contributed by atoms with E-state index in [4.69, 9.17) is 9.94 Å². The van der Waals surface area contributed by atoms with Crippen LogP contribution in [-0.2, 0) is 29.9 Å². The van der Waals surface area contributed by atoms with Gasteiger partial charge in [-0.1, -0.05) is 11.3 Å². The Balaban J connectivity index is 0.00000147. The number of nitrogens with one attached hydrogen (secondary N) is 1. The standard InChI is InChI=1S/C13H13N3O2S.Mn/c1-18-9-3-4-10-8(6-9)2-5-11-12(10)16-13(19-11)14-7-15-17;/h3-4,6-7,17H,2,5H2,1H3,(H,14,15,16);/q;+2. The number of benzene rings is 1. The Morgan fingerprint density at radius 1 is 1.45 bits per heavy atom. The maximum absolute atomic E-state index is 8.51. The van der Waals surface area contributed by atoms with Gasteiger partial charge in [-0.2, -0.15) is 0 Å². The molecule has 1 aliphatic carbocycles. The molecule has 0 fully saturated rings. The van der Waals surface area contributed by atoms with Gasteiger partial charge in [0.2, 0.25) is 5.13 Å².